The van der Waals surface area contributed by atoms with Gasteiger partial charge in [0.05, 0.1) is 13.7 Å². The summed E-state index contributed by atoms with van der Waals surface area (Å²) in [7, 11) is 1.26. The Balaban J connectivity index is 1.52. The molecule has 2 aromatic rings. The Labute approximate surface area is 185 Å². The molecule has 1 aromatic carbocycles. The van der Waals surface area contributed by atoms with Crippen LogP contribution in [0.5, 0.6) is 0 Å². The van der Waals surface area contributed by atoms with Gasteiger partial charge in [-0.15, -0.1) is 11.3 Å². The Morgan fingerprint density at radius 1 is 1.19 bits per heavy atom. The van der Waals surface area contributed by atoms with Gasteiger partial charge in [0.1, 0.15) is 17.1 Å². The molecule has 2 aliphatic rings. The summed E-state index contributed by atoms with van der Waals surface area (Å²) in [6.45, 7) is 2.20. The first-order valence-corrected chi connectivity index (χ1v) is 11.3. The molecule has 0 bridgehead atoms. The summed E-state index contributed by atoms with van der Waals surface area (Å²) in [6, 6.07) is 9.49. The number of carbonyl (C=O) groups excluding carboxylic acids is 3. The first-order valence-electron chi connectivity index (χ1n) is 10.4. The Bertz CT molecular complexity index is 926. The van der Waals surface area contributed by atoms with E-state index in [1.165, 1.54) is 7.11 Å². The maximum Gasteiger partial charge on any atom is 0.328 e. The summed E-state index contributed by atoms with van der Waals surface area (Å²) >= 11 is 1.61. The number of methoxy groups -OCH3 is 1. The van der Waals surface area contributed by atoms with Crippen molar-refractivity contribution in [3.05, 3.63) is 52.5 Å². The van der Waals surface area contributed by atoms with Crippen molar-refractivity contribution in [1.82, 2.24) is 19.7 Å². The molecule has 0 unspecified atom stereocenters. The van der Waals surface area contributed by atoms with Gasteiger partial charge < -0.3 is 9.64 Å². The third-order valence-electron chi connectivity index (χ3n) is 6.13. The van der Waals surface area contributed by atoms with Crippen LogP contribution in [0.1, 0.15) is 23.4 Å². The lowest BCUT2D eigenvalue weighted by molar-refractivity contribution is -0.146. The predicted octanol–water partition coefficient (Wildman–Crippen LogP) is 2.16. The molecule has 164 valence electrons. The van der Waals surface area contributed by atoms with Crippen LogP contribution in [0.4, 0.5) is 4.79 Å². The number of rotatable bonds is 7. The number of hydrogen-bond acceptors (Lipinski definition) is 7. The van der Waals surface area contributed by atoms with Gasteiger partial charge in [0.2, 0.25) is 0 Å². The lowest BCUT2D eigenvalue weighted by atomic mass is 9.85. The number of ether oxygens (including phenoxy) is 1. The summed E-state index contributed by atoms with van der Waals surface area (Å²) in [5.41, 5.74) is 0.199. The van der Waals surface area contributed by atoms with Gasteiger partial charge >= 0.3 is 12.0 Å². The SMILES string of the molecule is COC(=O)CN1C(=O)N(CCc2ccccc2)C2(CCN(Cc3nccs3)CC2)C1=O. The minimum absolute atomic E-state index is 0.287. The van der Waals surface area contributed by atoms with Crippen molar-refractivity contribution >= 4 is 29.2 Å². The predicted molar refractivity (Wildman–Crippen MR) is 115 cm³/mol. The van der Waals surface area contributed by atoms with Crippen molar-refractivity contribution in [3.63, 3.8) is 0 Å². The molecule has 0 atom stereocenters. The van der Waals surface area contributed by atoms with E-state index in [9.17, 15) is 14.4 Å². The number of imide groups is 1. The second-order valence-corrected chi connectivity index (χ2v) is 8.85. The minimum Gasteiger partial charge on any atom is -0.468 e. The van der Waals surface area contributed by atoms with Gasteiger partial charge in [-0.05, 0) is 24.8 Å². The highest BCUT2D eigenvalue weighted by Gasteiger charge is 2.58. The maximum absolute atomic E-state index is 13.4. The van der Waals surface area contributed by atoms with Crippen molar-refractivity contribution in [2.75, 3.05) is 33.3 Å². The molecular formula is C22H26N4O4S. The molecule has 8 nitrogen and oxygen atoms in total. The van der Waals surface area contributed by atoms with Gasteiger partial charge in [0, 0.05) is 31.2 Å². The molecule has 0 N–H and O–H groups in total. The number of aromatic nitrogens is 1. The molecule has 3 heterocycles. The van der Waals surface area contributed by atoms with E-state index < -0.39 is 17.5 Å². The molecular weight excluding hydrogens is 416 g/mol. The van der Waals surface area contributed by atoms with E-state index >= 15 is 0 Å². The maximum atomic E-state index is 13.4. The fourth-order valence-corrected chi connectivity index (χ4v) is 5.06. The van der Waals surface area contributed by atoms with Crippen LogP contribution in [0, 0.1) is 0 Å². The van der Waals surface area contributed by atoms with E-state index in [4.69, 9.17) is 4.74 Å². The Kier molecular flexibility index (Phi) is 6.33. The fraction of sp³-hybridized carbons (Fsp3) is 0.455. The number of hydrogen-bond donors (Lipinski definition) is 0. The first-order chi connectivity index (χ1) is 15.0. The van der Waals surface area contributed by atoms with Crippen molar-refractivity contribution in [1.29, 1.82) is 0 Å². The number of piperidine rings is 1. The van der Waals surface area contributed by atoms with Crippen LogP contribution in [-0.2, 0) is 27.3 Å². The largest absolute Gasteiger partial charge is 0.468 e. The molecule has 4 rings (SSSR count). The molecule has 31 heavy (non-hydrogen) atoms. The molecule has 9 heteroatoms. The zero-order chi connectivity index (χ0) is 21.8. The van der Waals surface area contributed by atoms with E-state index in [-0.39, 0.29) is 12.5 Å². The number of nitrogens with zero attached hydrogens (tertiary/aromatic N) is 4. The zero-order valence-electron chi connectivity index (χ0n) is 17.5. The number of likely N-dealkylation sites (tertiary alicyclic amines) is 1. The molecule has 2 aliphatic heterocycles. The Hall–Kier alpha value is -2.78. The fourth-order valence-electron chi connectivity index (χ4n) is 4.40. The van der Waals surface area contributed by atoms with Crippen molar-refractivity contribution in [2.45, 2.75) is 31.3 Å². The van der Waals surface area contributed by atoms with E-state index in [0.29, 0.717) is 38.9 Å². The van der Waals surface area contributed by atoms with Gasteiger partial charge in [0.15, 0.2) is 0 Å². The molecule has 2 saturated heterocycles. The van der Waals surface area contributed by atoms with Crippen LogP contribution >= 0.6 is 11.3 Å². The van der Waals surface area contributed by atoms with E-state index in [1.807, 2.05) is 35.7 Å². The molecule has 1 aromatic heterocycles. The highest BCUT2D eigenvalue weighted by Crippen LogP contribution is 2.37. The zero-order valence-corrected chi connectivity index (χ0v) is 18.3. The monoisotopic (exact) mass is 442 g/mol. The topological polar surface area (TPSA) is 83.1 Å². The lowest BCUT2D eigenvalue weighted by Gasteiger charge is -2.42. The van der Waals surface area contributed by atoms with E-state index in [2.05, 4.69) is 9.88 Å². The lowest BCUT2D eigenvalue weighted by Crippen LogP contribution is -2.56. The number of benzene rings is 1. The van der Waals surface area contributed by atoms with Crippen molar-refractivity contribution < 1.29 is 19.1 Å². The molecule has 2 fully saturated rings. The van der Waals surface area contributed by atoms with E-state index in [1.54, 1.807) is 22.4 Å². The normalized spacial score (nSPS) is 18.7. The van der Waals surface area contributed by atoms with Crippen LogP contribution in [-0.4, -0.2) is 76.4 Å². The minimum atomic E-state index is -0.904. The molecule has 3 amide bonds. The quantitative estimate of drug-likeness (QED) is 0.483. The Morgan fingerprint density at radius 3 is 2.58 bits per heavy atom. The third kappa shape index (κ3) is 4.33. The van der Waals surface area contributed by atoms with Gasteiger partial charge in [-0.1, -0.05) is 30.3 Å². The van der Waals surface area contributed by atoms with Gasteiger partial charge in [0.25, 0.3) is 5.91 Å². The second-order valence-electron chi connectivity index (χ2n) is 7.87. The summed E-state index contributed by atoms with van der Waals surface area (Å²) in [5, 5.41) is 2.99. The first kappa shape index (κ1) is 21.5. The standard InChI is InChI=1S/C22H26N4O4S/c1-30-19(27)16-25-20(28)22(8-12-24(13-9-22)15-18-23-10-14-31-18)26(21(25)29)11-7-17-5-3-2-4-6-17/h2-6,10,14H,7-9,11-13,15-16H2,1H3. The average Bonchev–Trinajstić information content (AvgIpc) is 3.37. The highest BCUT2D eigenvalue weighted by atomic mass is 32.1. The molecule has 0 aliphatic carbocycles. The third-order valence-corrected chi connectivity index (χ3v) is 6.89. The summed E-state index contributed by atoms with van der Waals surface area (Å²) < 4.78 is 4.71. The van der Waals surface area contributed by atoms with Crippen molar-refractivity contribution in [3.8, 4) is 0 Å². The number of thiazole rings is 1. The van der Waals surface area contributed by atoms with Crippen LogP contribution in [0.15, 0.2) is 41.9 Å². The van der Waals surface area contributed by atoms with E-state index in [0.717, 1.165) is 22.0 Å². The summed E-state index contributed by atoms with van der Waals surface area (Å²) in [5.74, 6) is -0.882. The van der Waals surface area contributed by atoms with Crippen LogP contribution in [0.3, 0.4) is 0 Å². The smallest absolute Gasteiger partial charge is 0.328 e. The highest BCUT2D eigenvalue weighted by molar-refractivity contribution is 7.09. The number of carbonyl (C=O) groups is 3. The van der Waals surface area contributed by atoms with Crippen molar-refractivity contribution in [2.24, 2.45) is 0 Å². The van der Waals surface area contributed by atoms with Crippen LogP contribution in [0.2, 0.25) is 0 Å². The second kappa shape index (κ2) is 9.15. The average molecular weight is 443 g/mol. The summed E-state index contributed by atoms with van der Waals surface area (Å²) in [4.78, 5) is 47.8. The molecule has 1 spiro atoms. The molecule has 0 saturated carbocycles. The van der Waals surface area contributed by atoms with Crippen LogP contribution in [0.25, 0.3) is 0 Å². The molecule has 0 radical (unpaired) electrons. The van der Waals surface area contributed by atoms with Gasteiger partial charge in [-0.2, -0.15) is 0 Å². The summed E-state index contributed by atoms with van der Waals surface area (Å²) in [6.07, 6.45) is 3.52. The van der Waals surface area contributed by atoms with Gasteiger partial charge in [-0.3, -0.25) is 19.4 Å². The number of urea groups is 1. The van der Waals surface area contributed by atoms with Gasteiger partial charge in [-0.25, -0.2) is 9.78 Å². The number of esters is 1. The number of amides is 3. The van der Waals surface area contributed by atoms with Crippen LogP contribution < -0.4 is 0 Å². The Morgan fingerprint density at radius 2 is 1.94 bits per heavy atom.